The molecule has 5 heteroatoms. The Bertz CT molecular complexity index is 282. The zero-order chi connectivity index (χ0) is 12.5. The van der Waals surface area contributed by atoms with Crippen molar-refractivity contribution in [3.05, 3.63) is 0 Å². The van der Waals surface area contributed by atoms with Gasteiger partial charge in [0.25, 0.3) is 0 Å². The molecule has 2 fully saturated rings. The van der Waals surface area contributed by atoms with E-state index in [1.165, 1.54) is 0 Å². The normalized spacial score (nSPS) is 33.5. The third-order valence-corrected chi connectivity index (χ3v) is 4.75. The average molecular weight is 258 g/mol. The second-order valence-electron chi connectivity index (χ2n) is 5.24. The predicted octanol–water partition coefficient (Wildman–Crippen LogP) is 0.847. The quantitative estimate of drug-likeness (QED) is 0.757. The third-order valence-electron chi connectivity index (χ3n) is 3.52. The van der Waals surface area contributed by atoms with E-state index in [9.17, 15) is 4.79 Å². The van der Waals surface area contributed by atoms with Crippen molar-refractivity contribution in [3.8, 4) is 0 Å². The molecule has 2 aliphatic heterocycles. The first-order valence-electron chi connectivity index (χ1n) is 6.33. The van der Waals surface area contributed by atoms with E-state index in [4.69, 9.17) is 10.5 Å². The van der Waals surface area contributed by atoms with Crippen LogP contribution >= 0.6 is 11.8 Å². The molecule has 2 unspecified atom stereocenters. The topological polar surface area (TPSA) is 55.6 Å². The van der Waals surface area contributed by atoms with Crippen molar-refractivity contribution in [2.75, 3.05) is 26.3 Å². The molecule has 2 aliphatic rings. The number of nitrogens with two attached hydrogens (primary N) is 1. The molecule has 2 rings (SSSR count). The predicted molar refractivity (Wildman–Crippen MR) is 70.1 cm³/mol. The number of nitrogens with zero attached hydrogens (tertiary/aromatic N) is 1. The van der Waals surface area contributed by atoms with Gasteiger partial charge in [-0.05, 0) is 12.8 Å². The fraction of sp³-hybridized carbons (Fsp3) is 0.917. The van der Waals surface area contributed by atoms with Gasteiger partial charge in [0, 0.05) is 36.8 Å². The molecule has 4 nitrogen and oxygen atoms in total. The van der Waals surface area contributed by atoms with Gasteiger partial charge in [-0.25, -0.2) is 0 Å². The maximum absolute atomic E-state index is 12.5. The summed E-state index contributed by atoms with van der Waals surface area (Å²) in [5.41, 5.74) is 5.57. The number of hydrogen-bond acceptors (Lipinski definition) is 4. The average Bonchev–Trinajstić information content (AvgIpc) is 2.27. The van der Waals surface area contributed by atoms with E-state index >= 15 is 0 Å². The first kappa shape index (κ1) is 13.2. The van der Waals surface area contributed by atoms with Crippen LogP contribution in [0.2, 0.25) is 0 Å². The van der Waals surface area contributed by atoms with E-state index in [1.807, 2.05) is 16.7 Å². The third kappa shape index (κ3) is 2.95. The monoisotopic (exact) mass is 258 g/mol. The standard InChI is InChI=1S/C12H22N2O2S/c1-9-7-14(8-10(2)17-9)11(15)12(13)3-5-16-6-4-12/h9-10H,3-8,13H2,1-2H3. The van der Waals surface area contributed by atoms with E-state index in [2.05, 4.69) is 13.8 Å². The maximum atomic E-state index is 12.5. The van der Waals surface area contributed by atoms with Crippen LogP contribution < -0.4 is 5.73 Å². The van der Waals surface area contributed by atoms with Gasteiger partial charge in [0.1, 0.15) is 0 Å². The Morgan fingerprint density at radius 3 is 2.35 bits per heavy atom. The lowest BCUT2D eigenvalue weighted by atomic mass is 9.89. The molecule has 17 heavy (non-hydrogen) atoms. The summed E-state index contributed by atoms with van der Waals surface area (Å²) in [4.78, 5) is 14.5. The first-order chi connectivity index (χ1) is 8.01. The zero-order valence-corrected chi connectivity index (χ0v) is 11.5. The Balaban J connectivity index is 2.03. The van der Waals surface area contributed by atoms with Crippen LogP contribution in [0.15, 0.2) is 0 Å². The van der Waals surface area contributed by atoms with E-state index in [0.29, 0.717) is 36.6 Å². The van der Waals surface area contributed by atoms with Gasteiger partial charge in [-0.2, -0.15) is 11.8 Å². The van der Waals surface area contributed by atoms with Crippen LogP contribution in [0.4, 0.5) is 0 Å². The molecule has 0 bridgehead atoms. The summed E-state index contributed by atoms with van der Waals surface area (Å²) in [7, 11) is 0. The van der Waals surface area contributed by atoms with E-state index in [0.717, 1.165) is 13.1 Å². The fourth-order valence-electron chi connectivity index (χ4n) is 2.61. The van der Waals surface area contributed by atoms with Crippen molar-refractivity contribution in [3.63, 3.8) is 0 Å². The summed E-state index contributed by atoms with van der Waals surface area (Å²) in [6.45, 7) is 7.22. The molecule has 0 saturated carbocycles. The smallest absolute Gasteiger partial charge is 0.242 e. The van der Waals surface area contributed by atoms with Gasteiger partial charge < -0.3 is 15.4 Å². The van der Waals surface area contributed by atoms with Gasteiger partial charge in [0.05, 0.1) is 5.54 Å². The number of hydrogen-bond donors (Lipinski definition) is 1. The Hall–Kier alpha value is -0.260. The molecule has 2 N–H and O–H groups in total. The highest BCUT2D eigenvalue weighted by molar-refractivity contribution is 8.00. The highest BCUT2D eigenvalue weighted by atomic mass is 32.2. The van der Waals surface area contributed by atoms with Crippen molar-refractivity contribution in [1.82, 2.24) is 4.90 Å². The minimum Gasteiger partial charge on any atom is -0.381 e. The number of rotatable bonds is 1. The fourth-order valence-corrected chi connectivity index (χ4v) is 3.93. The number of amides is 1. The largest absolute Gasteiger partial charge is 0.381 e. The SMILES string of the molecule is CC1CN(C(=O)C2(N)CCOCC2)CC(C)S1. The molecule has 0 radical (unpaired) electrons. The molecule has 0 aliphatic carbocycles. The van der Waals surface area contributed by atoms with Crippen molar-refractivity contribution >= 4 is 17.7 Å². The van der Waals surface area contributed by atoms with Gasteiger partial charge in [-0.3, -0.25) is 4.79 Å². The Morgan fingerprint density at radius 1 is 1.29 bits per heavy atom. The Labute approximate surface area is 107 Å². The lowest BCUT2D eigenvalue weighted by molar-refractivity contribution is -0.140. The summed E-state index contributed by atoms with van der Waals surface area (Å²) in [6.07, 6.45) is 1.30. The molecule has 0 spiro atoms. The molecule has 98 valence electrons. The van der Waals surface area contributed by atoms with Crippen LogP contribution in [-0.4, -0.2) is 53.1 Å². The van der Waals surface area contributed by atoms with Crippen molar-refractivity contribution in [2.24, 2.45) is 5.73 Å². The molecular formula is C12H22N2O2S. The maximum Gasteiger partial charge on any atom is 0.242 e. The summed E-state index contributed by atoms with van der Waals surface area (Å²) in [5.74, 6) is 0.125. The molecular weight excluding hydrogens is 236 g/mol. The van der Waals surface area contributed by atoms with Crippen molar-refractivity contribution < 1.29 is 9.53 Å². The highest BCUT2D eigenvalue weighted by Gasteiger charge is 2.40. The van der Waals surface area contributed by atoms with Gasteiger partial charge in [-0.15, -0.1) is 0 Å². The summed E-state index contributed by atoms with van der Waals surface area (Å²) in [6, 6.07) is 0. The lowest BCUT2D eigenvalue weighted by Crippen LogP contribution is -2.60. The second-order valence-corrected chi connectivity index (χ2v) is 7.12. The Kier molecular flexibility index (Phi) is 4.00. The minimum atomic E-state index is -0.681. The van der Waals surface area contributed by atoms with Crippen LogP contribution in [0.3, 0.4) is 0 Å². The molecule has 0 aromatic rings. The first-order valence-corrected chi connectivity index (χ1v) is 7.27. The van der Waals surface area contributed by atoms with E-state index in [-0.39, 0.29) is 5.91 Å². The molecule has 1 amide bonds. The molecule has 0 aromatic carbocycles. The second kappa shape index (κ2) is 5.16. The number of thioether (sulfide) groups is 1. The number of carbonyl (C=O) groups is 1. The number of carbonyl (C=O) groups excluding carboxylic acids is 1. The van der Waals surface area contributed by atoms with Gasteiger partial charge in [0.15, 0.2) is 0 Å². The lowest BCUT2D eigenvalue weighted by Gasteiger charge is -2.41. The zero-order valence-electron chi connectivity index (χ0n) is 10.6. The highest BCUT2D eigenvalue weighted by Crippen LogP contribution is 2.28. The number of ether oxygens (including phenoxy) is 1. The Morgan fingerprint density at radius 2 is 1.82 bits per heavy atom. The van der Waals surface area contributed by atoms with E-state index in [1.54, 1.807) is 0 Å². The van der Waals surface area contributed by atoms with Gasteiger partial charge in [-0.1, -0.05) is 13.8 Å². The van der Waals surface area contributed by atoms with E-state index < -0.39 is 5.54 Å². The van der Waals surface area contributed by atoms with Crippen LogP contribution in [-0.2, 0) is 9.53 Å². The van der Waals surface area contributed by atoms with Crippen molar-refractivity contribution in [2.45, 2.75) is 42.7 Å². The summed E-state index contributed by atoms with van der Waals surface area (Å²) >= 11 is 1.95. The van der Waals surface area contributed by atoms with Gasteiger partial charge >= 0.3 is 0 Å². The van der Waals surface area contributed by atoms with Crippen LogP contribution in [0, 0.1) is 0 Å². The van der Waals surface area contributed by atoms with Crippen LogP contribution in [0.25, 0.3) is 0 Å². The molecule has 0 aromatic heterocycles. The van der Waals surface area contributed by atoms with Crippen LogP contribution in [0.5, 0.6) is 0 Å². The van der Waals surface area contributed by atoms with Gasteiger partial charge in [0.2, 0.25) is 5.91 Å². The van der Waals surface area contributed by atoms with Crippen molar-refractivity contribution in [1.29, 1.82) is 0 Å². The summed E-state index contributed by atoms with van der Waals surface area (Å²) in [5, 5.41) is 1.01. The summed E-state index contributed by atoms with van der Waals surface area (Å²) < 4.78 is 5.29. The van der Waals surface area contributed by atoms with Crippen LogP contribution in [0.1, 0.15) is 26.7 Å². The molecule has 2 heterocycles. The molecule has 2 saturated heterocycles. The molecule has 2 atom stereocenters. The minimum absolute atomic E-state index is 0.125.